The van der Waals surface area contributed by atoms with E-state index in [1.165, 1.54) is 4.57 Å². The topological polar surface area (TPSA) is 54.8 Å². The third-order valence-electron chi connectivity index (χ3n) is 4.87. The molecule has 6 nitrogen and oxygen atoms in total. The highest BCUT2D eigenvalue weighted by Gasteiger charge is 2.28. The molecule has 1 aromatic heterocycles. The summed E-state index contributed by atoms with van der Waals surface area (Å²) in [5.74, 6) is 0.291. The van der Waals surface area contributed by atoms with E-state index in [9.17, 15) is 9.59 Å². The normalized spacial score (nSPS) is 10.8. The maximum Gasteiger partial charge on any atom is 0.266 e. The maximum absolute atomic E-state index is 13.6. The van der Waals surface area contributed by atoms with Crippen LogP contribution in [0.2, 0.25) is 0 Å². The summed E-state index contributed by atoms with van der Waals surface area (Å²) in [6.45, 7) is 2.34. The van der Waals surface area contributed by atoms with Gasteiger partial charge < -0.3 is 19.1 Å². The van der Waals surface area contributed by atoms with E-state index >= 15 is 0 Å². The highest BCUT2D eigenvalue weighted by molar-refractivity contribution is 6.14. The van der Waals surface area contributed by atoms with Gasteiger partial charge in [0.1, 0.15) is 11.3 Å². The molecular weight excluding hydrogens is 354 g/mol. The molecule has 1 amide bonds. The Balaban J connectivity index is 2.37. The molecule has 3 rings (SSSR count). The molecule has 3 aromatic rings. The fraction of sp³-hybridized carbons (Fsp3) is 0.273. The molecule has 146 valence electrons. The lowest BCUT2D eigenvalue weighted by Crippen LogP contribution is -2.38. The fourth-order valence-corrected chi connectivity index (χ4v) is 3.54. The standard InChI is InChI=1S/C22H25N3O3/c1-6-25(15-11-8-7-9-12-15)22(27)19-20(23(2)3)18-16(24(4)21(19)26)13-10-14-17(18)28-5/h7-14H,6H2,1-5H3. The van der Waals surface area contributed by atoms with Crippen LogP contribution in [0.1, 0.15) is 17.3 Å². The first kappa shape index (κ1) is 19.5. The minimum absolute atomic E-state index is 0.134. The van der Waals surface area contributed by atoms with Crippen LogP contribution in [0.25, 0.3) is 10.9 Å². The van der Waals surface area contributed by atoms with Crippen molar-refractivity contribution in [2.24, 2.45) is 7.05 Å². The zero-order valence-corrected chi connectivity index (χ0v) is 16.9. The highest BCUT2D eigenvalue weighted by atomic mass is 16.5. The Labute approximate surface area is 164 Å². The molecule has 0 aliphatic heterocycles. The zero-order valence-electron chi connectivity index (χ0n) is 16.9. The molecule has 0 radical (unpaired) electrons. The summed E-state index contributed by atoms with van der Waals surface area (Å²) < 4.78 is 7.06. The Morgan fingerprint density at radius 2 is 1.75 bits per heavy atom. The van der Waals surface area contributed by atoms with Crippen LogP contribution in [-0.4, -0.2) is 38.2 Å². The molecule has 0 fully saturated rings. The predicted molar refractivity (Wildman–Crippen MR) is 114 cm³/mol. The first-order valence-corrected chi connectivity index (χ1v) is 9.16. The van der Waals surface area contributed by atoms with E-state index < -0.39 is 0 Å². The van der Waals surface area contributed by atoms with Crippen molar-refractivity contribution in [3.8, 4) is 5.75 Å². The van der Waals surface area contributed by atoms with Crippen molar-refractivity contribution in [1.82, 2.24) is 4.57 Å². The van der Waals surface area contributed by atoms with Crippen molar-refractivity contribution in [2.45, 2.75) is 6.92 Å². The molecular formula is C22H25N3O3. The van der Waals surface area contributed by atoms with E-state index in [4.69, 9.17) is 4.74 Å². The smallest absolute Gasteiger partial charge is 0.266 e. The summed E-state index contributed by atoms with van der Waals surface area (Å²) >= 11 is 0. The largest absolute Gasteiger partial charge is 0.496 e. The van der Waals surface area contributed by atoms with Gasteiger partial charge in [-0.25, -0.2) is 0 Å². The van der Waals surface area contributed by atoms with Gasteiger partial charge in [0.15, 0.2) is 0 Å². The second kappa shape index (κ2) is 7.76. The number of amides is 1. The molecule has 28 heavy (non-hydrogen) atoms. The lowest BCUT2D eigenvalue weighted by Gasteiger charge is -2.26. The van der Waals surface area contributed by atoms with Gasteiger partial charge in [0.05, 0.1) is 23.7 Å². The van der Waals surface area contributed by atoms with Gasteiger partial charge in [-0.1, -0.05) is 24.3 Å². The number of aromatic nitrogens is 1. The summed E-state index contributed by atoms with van der Waals surface area (Å²) in [4.78, 5) is 30.2. The molecule has 0 aliphatic rings. The summed E-state index contributed by atoms with van der Waals surface area (Å²) in [7, 11) is 6.93. The first-order chi connectivity index (χ1) is 13.4. The quantitative estimate of drug-likeness (QED) is 0.683. The number of carbonyl (C=O) groups is 1. The molecule has 0 saturated heterocycles. The van der Waals surface area contributed by atoms with Gasteiger partial charge in [0, 0.05) is 33.4 Å². The monoisotopic (exact) mass is 379 g/mol. The van der Waals surface area contributed by atoms with Gasteiger partial charge in [0.25, 0.3) is 11.5 Å². The van der Waals surface area contributed by atoms with E-state index in [2.05, 4.69) is 0 Å². The molecule has 0 bridgehead atoms. The SMILES string of the molecule is CCN(C(=O)c1c(N(C)C)c2c(OC)cccc2n(C)c1=O)c1ccccc1. The van der Waals surface area contributed by atoms with Gasteiger partial charge in [0.2, 0.25) is 0 Å². The number of aryl methyl sites for hydroxylation is 1. The molecule has 2 aromatic carbocycles. The highest BCUT2D eigenvalue weighted by Crippen LogP contribution is 2.35. The average molecular weight is 379 g/mol. The number of pyridine rings is 1. The molecule has 0 N–H and O–H groups in total. The number of nitrogens with zero attached hydrogens (tertiary/aromatic N) is 3. The van der Waals surface area contributed by atoms with Gasteiger partial charge in [-0.2, -0.15) is 0 Å². The minimum atomic E-state index is -0.330. The molecule has 1 heterocycles. The molecule has 0 aliphatic carbocycles. The summed E-state index contributed by atoms with van der Waals surface area (Å²) in [6.07, 6.45) is 0. The Hall–Kier alpha value is -3.28. The summed E-state index contributed by atoms with van der Waals surface area (Å²) in [6, 6.07) is 14.9. The van der Waals surface area contributed by atoms with Crippen molar-refractivity contribution in [3.63, 3.8) is 0 Å². The van der Waals surface area contributed by atoms with Gasteiger partial charge in [-0.15, -0.1) is 0 Å². The maximum atomic E-state index is 13.6. The Morgan fingerprint density at radius 3 is 2.32 bits per heavy atom. The third kappa shape index (κ3) is 3.11. The number of benzene rings is 2. The van der Waals surface area contributed by atoms with E-state index in [0.717, 1.165) is 11.1 Å². The van der Waals surface area contributed by atoms with Crippen LogP contribution < -0.4 is 20.1 Å². The van der Waals surface area contributed by atoms with Crippen LogP contribution in [-0.2, 0) is 7.05 Å². The predicted octanol–water partition coefficient (Wildman–Crippen LogP) is 3.28. The molecule has 0 saturated carbocycles. The van der Waals surface area contributed by atoms with Crippen LogP contribution in [0.5, 0.6) is 5.75 Å². The number of carbonyl (C=O) groups excluding carboxylic acids is 1. The fourth-order valence-electron chi connectivity index (χ4n) is 3.54. The van der Waals surface area contributed by atoms with E-state index in [0.29, 0.717) is 23.5 Å². The summed E-state index contributed by atoms with van der Waals surface area (Å²) in [5.41, 5.74) is 1.84. The zero-order chi connectivity index (χ0) is 20.4. The first-order valence-electron chi connectivity index (χ1n) is 9.16. The van der Waals surface area contributed by atoms with Gasteiger partial charge in [-0.3, -0.25) is 9.59 Å². The van der Waals surface area contributed by atoms with Gasteiger partial charge in [-0.05, 0) is 31.2 Å². The van der Waals surface area contributed by atoms with Crippen LogP contribution in [0.3, 0.4) is 0 Å². The molecule has 0 unspecified atom stereocenters. The number of rotatable bonds is 5. The summed E-state index contributed by atoms with van der Waals surface area (Å²) in [5, 5.41) is 0.740. The minimum Gasteiger partial charge on any atom is -0.496 e. The number of anilines is 2. The van der Waals surface area contributed by atoms with Crippen LogP contribution in [0.4, 0.5) is 11.4 Å². The molecule has 0 spiro atoms. The molecule has 6 heteroatoms. The number of methoxy groups -OCH3 is 1. The van der Waals surface area contributed by atoms with Crippen molar-refractivity contribution in [3.05, 3.63) is 64.4 Å². The van der Waals surface area contributed by atoms with E-state index in [-0.39, 0.29) is 17.0 Å². The second-order valence-electron chi connectivity index (χ2n) is 6.72. The number of fused-ring (bicyclic) bond motifs is 1. The Bertz CT molecular complexity index is 1070. The number of hydrogen-bond acceptors (Lipinski definition) is 4. The third-order valence-corrected chi connectivity index (χ3v) is 4.87. The number of para-hydroxylation sites is 1. The number of hydrogen-bond donors (Lipinski definition) is 0. The van der Waals surface area contributed by atoms with E-state index in [1.54, 1.807) is 24.0 Å². The van der Waals surface area contributed by atoms with Crippen LogP contribution >= 0.6 is 0 Å². The van der Waals surface area contributed by atoms with Crippen LogP contribution in [0.15, 0.2) is 53.3 Å². The Kier molecular flexibility index (Phi) is 5.40. The van der Waals surface area contributed by atoms with Crippen molar-refractivity contribution >= 4 is 28.2 Å². The molecule has 0 atom stereocenters. The Morgan fingerprint density at radius 1 is 1.07 bits per heavy atom. The van der Waals surface area contributed by atoms with Crippen LogP contribution in [0, 0.1) is 0 Å². The van der Waals surface area contributed by atoms with Crippen molar-refractivity contribution < 1.29 is 9.53 Å². The number of ether oxygens (including phenoxy) is 1. The van der Waals surface area contributed by atoms with E-state index in [1.807, 2.05) is 69.6 Å². The van der Waals surface area contributed by atoms with Gasteiger partial charge >= 0.3 is 0 Å². The second-order valence-corrected chi connectivity index (χ2v) is 6.72. The van der Waals surface area contributed by atoms with Crippen molar-refractivity contribution in [1.29, 1.82) is 0 Å². The lowest BCUT2D eigenvalue weighted by molar-refractivity contribution is 0.0987. The lowest BCUT2D eigenvalue weighted by atomic mass is 10.0. The average Bonchev–Trinajstić information content (AvgIpc) is 2.70. The van der Waals surface area contributed by atoms with Crippen molar-refractivity contribution in [2.75, 3.05) is 37.5 Å².